The van der Waals surface area contributed by atoms with Gasteiger partial charge in [0.05, 0.1) is 30.0 Å². The second kappa shape index (κ2) is 9.80. The lowest BCUT2D eigenvalue weighted by Crippen LogP contribution is -2.42. The summed E-state index contributed by atoms with van der Waals surface area (Å²) < 4.78 is 74.4. The molecule has 8 nitrogen and oxygen atoms in total. The summed E-state index contributed by atoms with van der Waals surface area (Å²) in [6.45, 7) is 2.30. The van der Waals surface area contributed by atoms with Gasteiger partial charge in [0.1, 0.15) is 11.6 Å². The molecule has 2 aromatic heterocycles. The largest absolute Gasteiger partial charge is 0.418 e. The zero-order valence-electron chi connectivity index (χ0n) is 18.6. The highest BCUT2D eigenvalue weighted by Crippen LogP contribution is 2.38. The van der Waals surface area contributed by atoms with Crippen LogP contribution in [-0.4, -0.2) is 48.9 Å². The zero-order valence-corrected chi connectivity index (χ0v) is 19.4. The fourth-order valence-corrected chi connectivity index (χ4v) is 4.65. The number of sulfonamides is 1. The fraction of sp³-hybridized carbons (Fsp3) is 0.304. The van der Waals surface area contributed by atoms with Gasteiger partial charge < -0.3 is 15.2 Å². The molecule has 0 bridgehead atoms. The van der Waals surface area contributed by atoms with Gasteiger partial charge in [0.2, 0.25) is 0 Å². The highest BCUT2D eigenvalue weighted by Gasteiger charge is 2.35. The lowest BCUT2D eigenvalue weighted by Gasteiger charge is -2.28. The predicted octanol–water partition coefficient (Wildman–Crippen LogP) is 3.83. The summed E-state index contributed by atoms with van der Waals surface area (Å²) in [5.41, 5.74) is -0.573. The number of hydrogen-bond donors (Lipinski definition) is 3. The molecule has 3 N–H and O–H groups in total. The minimum Gasteiger partial charge on any atom is -0.391 e. The van der Waals surface area contributed by atoms with Crippen molar-refractivity contribution in [1.29, 1.82) is 0 Å². The van der Waals surface area contributed by atoms with Crippen molar-refractivity contribution in [2.24, 2.45) is 0 Å². The molecule has 186 valence electrons. The van der Waals surface area contributed by atoms with Gasteiger partial charge in [0.25, 0.3) is 10.0 Å². The molecular formula is C23H23F3N4O4S. The Bertz CT molecular complexity index is 1320. The molecule has 0 spiro atoms. The molecule has 1 aromatic carbocycles. The van der Waals surface area contributed by atoms with Crippen molar-refractivity contribution in [3.05, 3.63) is 65.7 Å². The lowest BCUT2D eigenvalue weighted by molar-refractivity contribution is -0.137. The summed E-state index contributed by atoms with van der Waals surface area (Å²) in [7, 11) is -4.29. The Hall–Kier alpha value is -3.22. The smallest absolute Gasteiger partial charge is 0.391 e. The molecule has 35 heavy (non-hydrogen) atoms. The van der Waals surface area contributed by atoms with Crippen LogP contribution in [0.25, 0.3) is 11.3 Å². The number of anilines is 2. The Balaban J connectivity index is 1.64. The summed E-state index contributed by atoms with van der Waals surface area (Å²) >= 11 is 0. The van der Waals surface area contributed by atoms with Crippen LogP contribution in [0.1, 0.15) is 17.5 Å². The first kappa shape index (κ1) is 24.9. The number of aliphatic hydroxyl groups is 1. The van der Waals surface area contributed by atoms with Crippen molar-refractivity contribution in [2.45, 2.75) is 36.7 Å². The predicted molar refractivity (Wildman–Crippen MR) is 123 cm³/mol. The standard InChI is InChI=1S/C23H23F3N4O4S/c1-14-5-2-3-6-15(14)22-16(23(24,25)26)9-10-20(29-22)30-35(32,33)21-8-4-7-19(28-21)27-17-13-34-12-11-18(17)31/h2-10,17-18,31H,11-13H2,1H3,(H,27,28)(H,29,30)/t17-,18+/m0/s1. The van der Waals surface area contributed by atoms with E-state index in [1.165, 1.54) is 24.3 Å². The second-order valence-electron chi connectivity index (χ2n) is 8.05. The number of aryl methyl sites for hydroxylation is 1. The van der Waals surface area contributed by atoms with Gasteiger partial charge in [-0.05, 0) is 43.2 Å². The van der Waals surface area contributed by atoms with Gasteiger partial charge in [-0.25, -0.2) is 9.97 Å². The normalized spacial score (nSPS) is 18.8. The molecule has 0 aliphatic carbocycles. The number of rotatable bonds is 6. The Morgan fingerprint density at radius 3 is 2.51 bits per heavy atom. The number of aliphatic hydroxyl groups excluding tert-OH is 1. The van der Waals surface area contributed by atoms with Crippen molar-refractivity contribution in [2.75, 3.05) is 23.3 Å². The Morgan fingerprint density at radius 1 is 1.03 bits per heavy atom. The van der Waals surface area contributed by atoms with E-state index in [1.807, 2.05) is 0 Å². The van der Waals surface area contributed by atoms with E-state index in [0.29, 0.717) is 18.6 Å². The molecule has 1 fully saturated rings. The number of hydrogen-bond acceptors (Lipinski definition) is 7. The van der Waals surface area contributed by atoms with Gasteiger partial charge in [0.15, 0.2) is 5.03 Å². The van der Waals surface area contributed by atoms with Crippen molar-refractivity contribution >= 4 is 21.7 Å². The molecule has 1 aliphatic heterocycles. The van der Waals surface area contributed by atoms with E-state index in [-0.39, 0.29) is 34.5 Å². The zero-order chi connectivity index (χ0) is 25.2. The SMILES string of the molecule is Cc1ccccc1-c1nc(NS(=O)(=O)c2cccc(N[C@H]3COCC[C@H]3O)n2)ccc1C(F)(F)F. The first-order chi connectivity index (χ1) is 16.5. The molecule has 0 radical (unpaired) electrons. The van der Waals surface area contributed by atoms with Crippen LogP contribution < -0.4 is 10.0 Å². The third-order valence-electron chi connectivity index (χ3n) is 5.49. The summed E-state index contributed by atoms with van der Waals surface area (Å²) in [5.74, 6) is -0.0871. The monoisotopic (exact) mass is 508 g/mol. The van der Waals surface area contributed by atoms with Gasteiger partial charge in [-0.2, -0.15) is 21.6 Å². The van der Waals surface area contributed by atoms with Crippen molar-refractivity contribution in [3.8, 4) is 11.3 Å². The number of ether oxygens (including phenoxy) is 1. The van der Waals surface area contributed by atoms with Gasteiger partial charge in [-0.15, -0.1) is 0 Å². The van der Waals surface area contributed by atoms with E-state index in [0.717, 1.165) is 12.1 Å². The molecule has 4 rings (SSSR count). The minimum absolute atomic E-state index is 0.198. The highest BCUT2D eigenvalue weighted by molar-refractivity contribution is 7.92. The van der Waals surface area contributed by atoms with Crippen LogP contribution in [0.15, 0.2) is 59.6 Å². The van der Waals surface area contributed by atoms with E-state index < -0.39 is 33.9 Å². The fourth-order valence-electron chi connectivity index (χ4n) is 3.68. The first-order valence-corrected chi connectivity index (χ1v) is 12.2. The molecule has 3 aromatic rings. The maximum absolute atomic E-state index is 13.6. The van der Waals surface area contributed by atoms with Gasteiger partial charge in [-0.3, -0.25) is 4.72 Å². The summed E-state index contributed by atoms with van der Waals surface area (Å²) in [6, 6.07) is 11.9. The number of nitrogens with zero attached hydrogens (tertiary/aromatic N) is 2. The van der Waals surface area contributed by atoms with Crippen LogP contribution >= 0.6 is 0 Å². The molecule has 3 heterocycles. The number of alkyl halides is 3. The third kappa shape index (κ3) is 5.72. The van der Waals surface area contributed by atoms with Crippen LogP contribution in [0, 0.1) is 6.92 Å². The van der Waals surface area contributed by atoms with E-state index in [9.17, 15) is 26.7 Å². The topological polar surface area (TPSA) is 113 Å². The lowest BCUT2D eigenvalue weighted by atomic mass is 10.0. The Labute approximate surface area is 200 Å². The number of benzene rings is 1. The van der Waals surface area contributed by atoms with E-state index in [4.69, 9.17) is 4.74 Å². The maximum atomic E-state index is 13.6. The minimum atomic E-state index is -4.68. The average molecular weight is 509 g/mol. The Morgan fingerprint density at radius 2 is 1.80 bits per heavy atom. The second-order valence-corrected chi connectivity index (χ2v) is 9.68. The molecular weight excluding hydrogens is 485 g/mol. The molecule has 1 aliphatic rings. The summed E-state index contributed by atoms with van der Waals surface area (Å²) in [5, 5.41) is 12.7. The van der Waals surface area contributed by atoms with Crippen LogP contribution in [-0.2, 0) is 20.9 Å². The average Bonchev–Trinajstić information content (AvgIpc) is 2.80. The number of nitrogens with one attached hydrogen (secondary N) is 2. The van der Waals surface area contributed by atoms with E-state index in [1.54, 1.807) is 25.1 Å². The highest BCUT2D eigenvalue weighted by atomic mass is 32.2. The molecule has 0 unspecified atom stereocenters. The maximum Gasteiger partial charge on any atom is 0.418 e. The molecule has 0 saturated carbocycles. The van der Waals surface area contributed by atoms with Gasteiger partial charge in [0, 0.05) is 12.2 Å². The van der Waals surface area contributed by atoms with E-state index >= 15 is 0 Å². The molecule has 2 atom stereocenters. The first-order valence-electron chi connectivity index (χ1n) is 10.7. The molecule has 12 heteroatoms. The van der Waals surface area contributed by atoms with Crippen molar-refractivity contribution in [3.63, 3.8) is 0 Å². The number of pyridine rings is 2. The summed E-state index contributed by atoms with van der Waals surface area (Å²) in [4.78, 5) is 8.09. The van der Waals surface area contributed by atoms with Crippen LogP contribution in [0.5, 0.6) is 0 Å². The quantitative estimate of drug-likeness (QED) is 0.464. The summed E-state index contributed by atoms with van der Waals surface area (Å²) in [6.07, 6.45) is -4.93. The molecule has 1 saturated heterocycles. The third-order valence-corrected chi connectivity index (χ3v) is 6.75. The number of halogens is 3. The van der Waals surface area contributed by atoms with Crippen LogP contribution in [0.2, 0.25) is 0 Å². The Kier molecular flexibility index (Phi) is 6.97. The van der Waals surface area contributed by atoms with Crippen LogP contribution in [0.3, 0.4) is 0 Å². The van der Waals surface area contributed by atoms with Crippen LogP contribution in [0.4, 0.5) is 24.8 Å². The van der Waals surface area contributed by atoms with Crippen molar-refractivity contribution in [1.82, 2.24) is 9.97 Å². The molecule has 0 amide bonds. The number of aromatic nitrogens is 2. The van der Waals surface area contributed by atoms with Gasteiger partial charge in [-0.1, -0.05) is 30.3 Å². The van der Waals surface area contributed by atoms with E-state index in [2.05, 4.69) is 20.0 Å². The van der Waals surface area contributed by atoms with Crippen molar-refractivity contribution < 1.29 is 31.4 Å². The van der Waals surface area contributed by atoms with Gasteiger partial charge >= 0.3 is 6.18 Å².